The highest BCUT2D eigenvalue weighted by atomic mass is 79.9. The van der Waals surface area contributed by atoms with Crippen molar-refractivity contribution in [3.63, 3.8) is 0 Å². The first-order chi connectivity index (χ1) is 11.6. The van der Waals surface area contributed by atoms with Gasteiger partial charge in [-0.1, -0.05) is 24.3 Å². The van der Waals surface area contributed by atoms with Gasteiger partial charge in [0.1, 0.15) is 5.69 Å². The van der Waals surface area contributed by atoms with Crippen molar-refractivity contribution in [3.05, 3.63) is 82.6 Å². The number of halogens is 1. The predicted octanol–water partition coefficient (Wildman–Crippen LogP) is 5.15. The first kappa shape index (κ1) is 16.2. The van der Waals surface area contributed by atoms with Gasteiger partial charge in [0.2, 0.25) is 0 Å². The van der Waals surface area contributed by atoms with Gasteiger partial charge in [-0.15, -0.1) is 0 Å². The maximum atomic E-state index is 12.3. The van der Waals surface area contributed by atoms with Crippen LogP contribution >= 0.6 is 15.9 Å². The van der Waals surface area contributed by atoms with Gasteiger partial charge in [0.25, 0.3) is 5.91 Å². The zero-order valence-corrected chi connectivity index (χ0v) is 14.7. The van der Waals surface area contributed by atoms with Gasteiger partial charge >= 0.3 is 0 Å². The van der Waals surface area contributed by atoms with Crippen LogP contribution in [0.15, 0.2) is 71.3 Å². The SMILES string of the molecule is Cc1ccc(Nc2ccnc(C(=O)Nc3ccccc3)c2)c(Br)c1. The number of nitrogens with one attached hydrogen (secondary N) is 2. The molecule has 1 amide bonds. The van der Waals surface area contributed by atoms with Crippen LogP contribution in [0.1, 0.15) is 16.1 Å². The molecule has 0 radical (unpaired) electrons. The van der Waals surface area contributed by atoms with E-state index in [0.717, 1.165) is 21.5 Å². The number of nitrogens with zero attached hydrogens (tertiary/aromatic N) is 1. The van der Waals surface area contributed by atoms with Crippen LogP contribution in [-0.4, -0.2) is 10.9 Å². The molecule has 1 heterocycles. The van der Waals surface area contributed by atoms with Crippen molar-refractivity contribution in [2.24, 2.45) is 0 Å². The summed E-state index contributed by atoms with van der Waals surface area (Å²) >= 11 is 3.54. The van der Waals surface area contributed by atoms with Crippen LogP contribution < -0.4 is 10.6 Å². The van der Waals surface area contributed by atoms with Gasteiger partial charge in [-0.25, -0.2) is 0 Å². The standard InChI is InChI=1S/C19H16BrN3O/c1-13-7-8-17(16(20)11-13)22-15-9-10-21-18(12-15)19(24)23-14-5-3-2-4-6-14/h2-12H,1H3,(H,21,22)(H,23,24). The van der Waals surface area contributed by atoms with E-state index in [-0.39, 0.29) is 5.91 Å². The molecule has 0 aliphatic rings. The molecule has 2 N–H and O–H groups in total. The maximum absolute atomic E-state index is 12.3. The van der Waals surface area contributed by atoms with E-state index in [9.17, 15) is 4.79 Å². The molecule has 0 aliphatic carbocycles. The number of anilines is 3. The molecule has 0 unspecified atom stereocenters. The minimum atomic E-state index is -0.243. The number of carbonyl (C=O) groups is 1. The van der Waals surface area contributed by atoms with Gasteiger partial charge in [0, 0.05) is 22.0 Å². The Morgan fingerprint density at radius 3 is 2.54 bits per heavy atom. The minimum absolute atomic E-state index is 0.243. The summed E-state index contributed by atoms with van der Waals surface area (Å²) in [4.78, 5) is 16.5. The molecule has 5 heteroatoms. The second-order valence-electron chi connectivity index (χ2n) is 5.36. The van der Waals surface area contributed by atoms with E-state index in [2.05, 4.69) is 31.5 Å². The Kier molecular flexibility index (Phi) is 4.91. The molecule has 0 atom stereocenters. The highest BCUT2D eigenvalue weighted by Gasteiger charge is 2.09. The fourth-order valence-electron chi connectivity index (χ4n) is 2.23. The van der Waals surface area contributed by atoms with Crippen LogP contribution in [0.25, 0.3) is 0 Å². The zero-order valence-electron chi connectivity index (χ0n) is 13.1. The minimum Gasteiger partial charge on any atom is -0.354 e. The van der Waals surface area contributed by atoms with Gasteiger partial charge in [-0.3, -0.25) is 9.78 Å². The van der Waals surface area contributed by atoms with Crippen LogP contribution in [0.4, 0.5) is 17.1 Å². The van der Waals surface area contributed by atoms with Gasteiger partial charge in [0.15, 0.2) is 0 Å². The van der Waals surface area contributed by atoms with Crippen LogP contribution in [0.2, 0.25) is 0 Å². The van der Waals surface area contributed by atoms with Crippen molar-refractivity contribution in [3.8, 4) is 0 Å². The monoisotopic (exact) mass is 381 g/mol. The van der Waals surface area contributed by atoms with E-state index in [1.807, 2.05) is 61.5 Å². The van der Waals surface area contributed by atoms with E-state index in [0.29, 0.717) is 5.69 Å². The molecule has 0 aliphatic heterocycles. The number of aryl methyl sites for hydroxylation is 1. The third-order valence-corrected chi connectivity index (χ3v) is 4.08. The van der Waals surface area contributed by atoms with Gasteiger partial charge in [0.05, 0.1) is 5.69 Å². The zero-order chi connectivity index (χ0) is 16.9. The van der Waals surface area contributed by atoms with Crippen molar-refractivity contribution in [1.82, 2.24) is 4.98 Å². The van der Waals surface area contributed by atoms with Crippen LogP contribution in [-0.2, 0) is 0 Å². The molecule has 24 heavy (non-hydrogen) atoms. The fraction of sp³-hybridized carbons (Fsp3) is 0.0526. The lowest BCUT2D eigenvalue weighted by atomic mass is 10.2. The van der Waals surface area contributed by atoms with E-state index >= 15 is 0 Å². The summed E-state index contributed by atoms with van der Waals surface area (Å²) in [6.45, 7) is 2.03. The van der Waals surface area contributed by atoms with Crippen molar-refractivity contribution < 1.29 is 4.79 Å². The van der Waals surface area contributed by atoms with Crippen molar-refractivity contribution in [1.29, 1.82) is 0 Å². The lowest BCUT2D eigenvalue weighted by molar-refractivity contribution is 0.102. The lowest BCUT2D eigenvalue weighted by Gasteiger charge is -2.10. The second-order valence-corrected chi connectivity index (χ2v) is 6.21. The van der Waals surface area contributed by atoms with E-state index in [1.165, 1.54) is 5.56 Å². The molecule has 4 nitrogen and oxygen atoms in total. The van der Waals surface area contributed by atoms with E-state index in [1.54, 1.807) is 12.3 Å². The third kappa shape index (κ3) is 4.00. The molecule has 3 rings (SSSR count). The summed E-state index contributed by atoms with van der Waals surface area (Å²) in [7, 11) is 0. The molecule has 0 bridgehead atoms. The van der Waals surface area contributed by atoms with Crippen molar-refractivity contribution in [2.75, 3.05) is 10.6 Å². The molecule has 0 saturated heterocycles. The Bertz CT molecular complexity index is 865. The van der Waals surface area contributed by atoms with Crippen LogP contribution in [0, 0.1) is 6.92 Å². The van der Waals surface area contributed by atoms with Gasteiger partial charge < -0.3 is 10.6 Å². The summed E-state index contributed by atoms with van der Waals surface area (Å²) in [5, 5.41) is 6.12. The van der Waals surface area contributed by atoms with E-state index in [4.69, 9.17) is 0 Å². The summed E-state index contributed by atoms with van der Waals surface area (Å²) in [6.07, 6.45) is 1.62. The molecule has 0 fully saturated rings. The Morgan fingerprint density at radius 1 is 1.00 bits per heavy atom. The number of rotatable bonds is 4. The van der Waals surface area contributed by atoms with Crippen LogP contribution in [0.5, 0.6) is 0 Å². The number of aromatic nitrogens is 1. The number of hydrogen-bond donors (Lipinski definition) is 2. The first-order valence-corrected chi connectivity index (χ1v) is 8.27. The molecule has 120 valence electrons. The molecule has 1 aromatic heterocycles. The Balaban J connectivity index is 1.77. The van der Waals surface area contributed by atoms with Gasteiger partial charge in [-0.2, -0.15) is 0 Å². The quantitative estimate of drug-likeness (QED) is 0.656. The normalized spacial score (nSPS) is 10.2. The highest BCUT2D eigenvalue weighted by molar-refractivity contribution is 9.10. The largest absolute Gasteiger partial charge is 0.354 e. The Hall–Kier alpha value is -2.66. The number of hydrogen-bond acceptors (Lipinski definition) is 3. The fourth-order valence-corrected chi connectivity index (χ4v) is 2.82. The van der Waals surface area contributed by atoms with Crippen molar-refractivity contribution in [2.45, 2.75) is 6.92 Å². The van der Waals surface area contributed by atoms with Crippen molar-refractivity contribution >= 4 is 38.9 Å². The Labute approximate surface area is 149 Å². The number of benzene rings is 2. The number of carbonyl (C=O) groups excluding carboxylic acids is 1. The molecule has 0 saturated carbocycles. The summed E-state index contributed by atoms with van der Waals surface area (Å²) in [5.41, 5.74) is 4.00. The Morgan fingerprint density at radius 2 is 1.79 bits per heavy atom. The molecule has 2 aromatic carbocycles. The molecular formula is C19H16BrN3O. The average Bonchev–Trinajstić information content (AvgIpc) is 2.59. The van der Waals surface area contributed by atoms with Gasteiger partial charge in [-0.05, 0) is 64.8 Å². The first-order valence-electron chi connectivity index (χ1n) is 7.47. The number of amides is 1. The highest BCUT2D eigenvalue weighted by Crippen LogP contribution is 2.26. The molecule has 0 spiro atoms. The maximum Gasteiger partial charge on any atom is 0.274 e. The summed E-state index contributed by atoms with van der Waals surface area (Å²) < 4.78 is 0.967. The lowest BCUT2D eigenvalue weighted by Crippen LogP contribution is -2.13. The second kappa shape index (κ2) is 7.27. The smallest absolute Gasteiger partial charge is 0.274 e. The van der Waals surface area contributed by atoms with Crippen LogP contribution in [0.3, 0.4) is 0 Å². The predicted molar refractivity (Wildman–Crippen MR) is 101 cm³/mol. The summed E-state index contributed by atoms with van der Waals surface area (Å²) in [5.74, 6) is -0.243. The average molecular weight is 382 g/mol. The third-order valence-electron chi connectivity index (χ3n) is 3.43. The van der Waals surface area contributed by atoms with E-state index < -0.39 is 0 Å². The molecule has 3 aromatic rings. The summed E-state index contributed by atoms with van der Waals surface area (Å²) in [6, 6.07) is 18.9. The number of pyridine rings is 1. The topological polar surface area (TPSA) is 54.0 Å². The number of para-hydroxylation sites is 1. The molecular weight excluding hydrogens is 366 g/mol.